The zero-order chi connectivity index (χ0) is 20.4. The van der Waals surface area contributed by atoms with Crippen molar-refractivity contribution in [3.63, 3.8) is 0 Å². The molecule has 1 aliphatic heterocycles. The van der Waals surface area contributed by atoms with Crippen LogP contribution in [-0.2, 0) is 29.0 Å². The van der Waals surface area contributed by atoms with Gasteiger partial charge in [-0.15, -0.1) is 0 Å². The molecule has 0 saturated heterocycles. The standard InChI is InChI=1S/C23H22F2N2O2/c1-2-29-23(28)10-12-26-11-9-22-20(15-26)19-13-18(25)7-8-21(19)27(22)14-16-3-5-17(24)6-4-16/h2-8,13H,1,9-12,14-15H2. The van der Waals surface area contributed by atoms with Crippen molar-refractivity contribution < 1.29 is 18.3 Å². The first-order valence-corrected chi connectivity index (χ1v) is 9.62. The number of nitrogens with zero attached hydrogens (tertiary/aromatic N) is 2. The Bertz CT molecular complexity index is 1060. The van der Waals surface area contributed by atoms with E-state index in [2.05, 4.69) is 16.0 Å². The maximum Gasteiger partial charge on any atom is 0.311 e. The predicted molar refractivity (Wildman–Crippen MR) is 107 cm³/mol. The average molecular weight is 396 g/mol. The van der Waals surface area contributed by atoms with Gasteiger partial charge in [-0.3, -0.25) is 9.69 Å². The fraction of sp³-hybridized carbons (Fsp3) is 0.261. The minimum absolute atomic E-state index is 0.263. The summed E-state index contributed by atoms with van der Waals surface area (Å²) < 4.78 is 34.2. The third-order valence-corrected chi connectivity index (χ3v) is 5.40. The summed E-state index contributed by atoms with van der Waals surface area (Å²) in [7, 11) is 0. The van der Waals surface area contributed by atoms with E-state index in [1.807, 2.05) is 0 Å². The average Bonchev–Trinajstić information content (AvgIpc) is 3.01. The van der Waals surface area contributed by atoms with Crippen LogP contribution in [-0.4, -0.2) is 28.5 Å². The van der Waals surface area contributed by atoms with E-state index < -0.39 is 0 Å². The van der Waals surface area contributed by atoms with Crippen molar-refractivity contribution >= 4 is 16.9 Å². The molecule has 0 radical (unpaired) electrons. The highest BCUT2D eigenvalue weighted by Gasteiger charge is 2.24. The van der Waals surface area contributed by atoms with Crippen molar-refractivity contribution in [2.24, 2.45) is 0 Å². The van der Waals surface area contributed by atoms with Gasteiger partial charge in [-0.2, -0.15) is 0 Å². The van der Waals surface area contributed by atoms with Crippen molar-refractivity contribution in [3.05, 3.63) is 83.8 Å². The molecule has 1 aliphatic rings. The van der Waals surface area contributed by atoms with Crippen molar-refractivity contribution in [3.8, 4) is 0 Å². The van der Waals surface area contributed by atoms with Crippen molar-refractivity contribution in [2.75, 3.05) is 13.1 Å². The molecule has 0 amide bonds. The Morgan fingerprint density at radius 2 is 1.90 bits per heavy atom. The minimum Gasteiger partial charge on any atom is -0.435 e. The lowest BCUT2D eigenvalue weighted by molar-refractivity contribution is -0.138. The summed E-state index contributed by atoms with van der Waals surface area (Å²) in [6.45, 7) is 6.02. The Morgan fingerprint density at radius 3 is 2.66 bits per heavy atom. The Labute approximate surface area is 168 Å². The van der Waals surface area contributed by atoms with Gasteiger partial charge in [0.1, 0.15) is 11.6 Å². The van der Waals surface area contributed by atoms with Crippen molar-refractivity contribution in [1.29, 1.82) is 0 Å². The maximum absolute atomic E-state index is 14.0. The second-order valence-corrected chi connectivity index (χ2v) is 7.23. The second-order valence-electron chi connectivity index (χ2n) is 7.23. The molecule has 0 spiro atoms. The monoisotopic (exact) mass is 396 g/mol. The van der Waals surface area contributed by atoms with Crippen LogP contribution in [0.2, 0.25) is 0 Å². The van der Waals surface area contributed by atoms with Crippen LogP contribution >= 0.6 is 0 Å². The van der Waals surface area contributed by atoms with Gasteiger partial charge in [-0.25, -0.2) is 8.78 Å². The third-order valence-electron chi connectivity index (χ3n) is 5.40. The quantitative estimate of drug-likeness (QED) is 0.457. The number of carbonyl (C=O) groups excluding carboxylic acids is 1. The molecule has 0 saturated carbocycles. The largest absolute Gasteiger partial charge is 0.435 e. The third kappa shape index (κ3) is 4.07. The molecular weight excluding hydrogens is 374 g/mol. The summed E-state index contributed by atoms with van der Waals surface area (Å²) in [4.78, 5) is 13.8. The van der Waals surface area contributed by atoms with Gasteiger partial charge >= 0.3 is 5.97 Å². The van der Waals surface area contributed by atoms with Crippen LogP contribution in [0.15, 0.2) is 55.3 Å². The van der Waals surface area contributed by atoms with Crippen LogP contribution < -0.4 is 0 Å². The molecule has 0 aliphatic carbocycles. The summed E-state index contributed by atoms with van der Waals surface area (Å²) in [5, 5.41) is 0.889. The number of hydrogen-bond donors (Lipinski definition) is 0. The van der Waals surface area contributed by atoms with Gasteiger partial charge in [0.2, 0.25) is 0 Å². The van der Waals surface area contributed by atoms with Gasteiger partial charge in [0.05, 0.1) is 12.7 Å². The van der Waals surface area contributed by atoms with Gasteiger partial charge in [-0.1, -0.05) is 18.7 Å². The molecule has 2 heterocycles. The smallest absolute Gasteiger partial charge is 0.311 e. The fourth-order valence-electron chi connectivity index (χ4n) is 4.02. The molecule has 0 fully saturated rings. The van der Waals surface area contributed by atoms with Crippen LogP contribution in [0.1, 0.15) is 23.2 Å². The molecule has 4 rings (SSSR count). The predicted octanol–water partition coefficient (Wildman–Crippen LogP) is 4.40. The summed E-state index contributed by atoms with van der Waals surface area (Å²) in [5.74, 6) is -0.845. The summed E-state index contributed by atoms with van der Waals surface area (Å²) in [5.41, 5.74) is 4.21. The molecule has 0 N–H and O–H groups in total. The highest BCUT2D eigenvalue weighted by atomic mass is 19.1. The summed E-state index contributed by atoms with van der Waals surface area (Å²) in [6.07, 6.45) is 2.22. The zero-order valence-corrected chi connectivity index (χ0v) is 16.0. The number of aromatic nitrogens is 1. The molecule has 4 nitrogen and oxygen atoms in total. The number of ether oxygens (including phenoxy) is 1. The first kappa shape index (κ1) is 19.3. The lowest BCUT2D eigenvalue weighted by atomic mass is 10.0. The fourth-order valence-corrected chi connectivity index (χ4v) is 4.02. The molecular formula is C23H22F2N2O2. The summed E-state index contributed by atoms with van der Waals surface area (Å²) >= 11 is 0. The first-order chi connectivity index (χ1) is 14.0. The molecule has 0 unspecified atom stereocenters. The Kier molecular flexibility index (Phi) is 5.45. The lowest BCUT2D eigenvalue weighted by Gasteiger charge is -2.27. The van der Waals surface area contributed by atoms with Crippen LogP contribution in [0.25, 0.3) is 10.9 Å². The minimum atomic E-state index is -0.310. The van der Waals surface area contributed by atoms with Crippen LogP contribution in [0.3, 0.4) is 0 Å². The number of halogens is 2. The molecule has 0 bridgehead atoms. The van der Waals surface area contributed by atoms with E-state index >= 15 is 0 Å². The van der Waals surface area contributed by atoms with Crippen molar-refractivity contribution in [2.45, 2.75) is 25.9 Å². The zero-order valence-electron chi connectivity index (χ0n) is 16.0. The van der Waals surface area contributed by atoms with Crippen LogP contribution in [0.4, 0.5) is 8.78 Å². The Hall–Kier alpha value is -2.99. The van der Waals surface area contributed by atoms with E-state index in [9.17, 15) is 13.6 Å². The number of hydrogen-bond acceptors (Lipinski definition) is 3. The number of fused-ring (bicyclic) bond motifs is 3. The molecule has 150 valence electrons. The highest BCUT2D eigenvalue weighted by molar-refractivity contribution is 5.86. The van der Waals surface area contributed by atoms with Gasteiger partial charge < -0.3 is 9.30 Å². The van der Waals surface area contributed by atoms with Gasteiger partial charge in [-0.05, 0) is 41.5 Å². The summed E-state index contributed by atoms with van der Waals surface area (Å²) in [6, 6.07) is 11.3. The molecule has 2 aromatic carbocycles. The van der Waals surface area contributed by atoms with Crippen LogP contribution in [0.5, 0.6) is 0 Å². The van der Waals surface area contributed by atoms with E-state index in [4.69, 9.17) is 4.74 Å². The molecule has 29 heavy (non-hydrogen) atoms. The van der Waals surface area contributed by atoms with Gasteiger partial charge in [0.15, 0.2) is 0 Å². The van der Waals surface area contributed by atoms with Crippen LogP contribution in [0, 0.1) is 11.6 Å². The maximum atomic E-state index is 14.0. The molecule has 6 heteroatoms. The van der Waals surface area contributed by atoms with E-state index in [0.29, 0.717) is 19.6 Å². The Balaban J connectivity index is 1.64. The number of carbonyl (C=O) groups is 1. The second kappa shape index (κ2) is 8.17. The highest BCUT2D eigenvalue weighted by Crippen LogP contribution is 2.32. The molecule has 0 atom stereocenters. The van der Waals surface area contributed by atoms with Crippen molar-refractivity contribution in [1.82, 2.24) is 9.47 Å². The number of rotatable bonds is 6. The SMILES string of the molecule is C=COC(=O)CCN1CCc2c(c3cc(F)ccc3n2Cc2ccc(F)cc2)C1. The van der Waals surface area contributed by atoms with E-state index in [-0.39, 0.29) is 24.0 Å². The van der Waals surface area contributed by atoms with E-state index in [0.717, 1.165) is 41.3 Å². The molecule has 1 aromatic heterocycles. The van der Waals surface area contributed by atoms with Gasteiger partial charge in [0.25, 0.3) is 0 Å². The van der Waals surface area contributed by atoms with E-state index in [1.54, 1.807) is 24.3 Å². The van der Waals surface area contributed by atoms with Gasteiger partial charge in [0, 0.05) is 49.2 Å². The van der Waals surface area contributed by atoms with E-state index in [1.165, 1.54) is 23.9 Å². The normalized spacial score (nSPS) is 14.0. The first-order valence-electron chi connectivity index (χ1n) is 9.62. The number of benzene rings is 2. The lowest BCUT2D eigenvalue weighted by Crippen LogP contribution is -2.33. The Morgan fingerprint density at radius 1 is 1.14 bits per heavy atom. The number of esters is 1. The molecule has 3 aromatic rings. The topological polar surface area (TPSA) is 34.5 Å².